The van der Waals surface area contributed by atoms with E-state index in [1.165, 1.54) is 43.9 Å². The third-order valence-electron chi connectivity index (χ3n) is 4.48. The molecular formula is C15H23N3O2S. The van der Waals surface area contributed by atoms with Crippen molar-refractivity contribution in [3.8, 4) is 0 Å². The van der Waals surface area contributed by atoms with Gasteiger partial charge in [-0.2, -0.15) is 11.8 Å². The Morgan fingerprint density at radius 2 is 2.29 bits per heavy atom. The molecule has 1 N–H and O–H groups in total. The Hall–Kier alpha value is -1.01. The van der Waals surface area contributed by atoms with Crippen LogP contribution in [0.5, 0.6) is 0 Å². The predicted molar refractivity (Wildman–Crippen MR) is 83.6 cm³/mol. The maximum absolute atomic E-state index is 11.9. The second-order valence-electron chi connectivity index (χ2n) is 6.03. The molecule has 116 valence electrons. The van der Waals surface area contributed by atoms with E-state index < -0.39 is 0 Å². The molecule has 0 aliphatic carbocycles. The van der Waals surface area contributed by atoms with Crippen LogP contribution >= 0.6 is 11.8 Å². The second kappa shape index (κ2) is 6.83. The molecule has 2 saturated heterocycles. The molecule has 1 amide bonds. The molecule has 0 saturated carbocycles. The van der Waals surface area contributed by atoms with E-state index in [-0.39, 0.29) is 5.91 Å². The number of aryl methyl sites for hydroxylation is 1. The van der Waals surface area contributed by atoms with Gasteiger partial charge < -0.3 is 9.84 Å². The first-order valence-electron chi connectivity index (χ1n) is 7.75. The number of nitrogens with one attached hydrogen (secondary N) is 1. The zero-order chi connectivity index (χ0) is 14.7. The largest absolute Gasteiger partial charge is 0.361 e. The van der Waals surface area contributed by atoms with Gasteiger partial charge in [-0.1, -0.05) is 5.16 Å². The number of likely N-dealkylation sites (tertiary alicyclic amines) is 1. The van der Waals surface area contributed by atoms with Crippen molar-refractivity contribution >= 4 is 17.7 Å². The van der Waals surface area contributed by atoms with Crippen molar-refractivity contribution < 1.29 is 9.32 Å². The highest BCUT2D eigenvalue weighted by atomic mass is 32.2. The summed E-state index contributed by atoms with van der Waals surface area (Å²) >= 11 is 2.08. The number of carbonyl (C=O) groups excluding carboxylic acids is 1. The Bertz CT molecular complexity index is 477. The van der Waals surface area contributed by atoms with Crippen molar-refractivity contribution in [1.29, 1.82) is 0 Å². The zero-order valence-electron chi connectivity index (χ0n) is 12.5. The molecular weight excluding hydrogens is 286 g/mol. The molecule has 1 aromatic rings. The molecule has 0 bridgehead atoms. The van der Waals surface area contributed by atoms with Gasteiger partial charge in [0, 0.05) is 24.4 Å². The van der Waals surface area contributed by atoms with Gasteiger partial charge in [0.1, 0.15) is 5.76 Å². The van der Waals surface area contributed by atoms with Crippen LogP contribution in [0.2, 0.25) is 0 Å². The van der Waals surface area contributed by atoms with Crippen molar-refractivity contribution in [2.24, 2.45) is 5.92 Å². The van der Waals surface area contributed by atoms with Gasteiger partial charge in [0.15, 0.2) is 5.69 Å². The van der Waals surface area contributed by atoms with Gasteiger partial charge in [-0.25, -0.2) is 0 Å². The number of rotatable bonds is 4. The average Bonchev–Trinajstić information content (AvgIpc) is 3.16. The van der Waals surface area contributed by atoms with E-state index in [1.807, 2.05) is 0 Å². The summed E-state index contributed by atoms with van der Waals surface area (Å²) in [5, 5.41) is 6.73. The quantitative estimate of drug-likeness (QED) is 0.921. The molecule has 21 heavy (non-hydrogen) atoms. The van der Waals surface area contributed by atoms with E-state index in [1.54, 1.807) is 13.0 Å². The number of thioether (sulfide) groups is 1. The molecule has 0 spiro atoms. The number of hydrogen-bond acceptors (Lipinski definition) is 5. The van der Waals surface area contributed by atoms with Crippen LogP contribution in [0, 0.1) is 12.8 Å². The second-order valence-corrected chi connectivity index (χ2v) is 7.18. The summed E-state index contributed by atoms with van der Waals surface area (Å²) in [6.45, 7) is 4.89. The molecule has 2 aliphatic rings. The zero-order valence-corrected chi connectivity index (χ0v) is 13.3. The fourth-order valence-electron chi connectivity index (χ4n) is 3.13. The highest BCUT2D eigenvalue weighted by molar-refractivity contribution is 7.99. The maximum atomic E-state index is 11.9. The van der Waals surface area contributed by atoms with Crippen LogP contribution in [0.25, 0.3) is 0 Å². The predicted octanol–water partition coefficient (Wildman–Crippen LogP) is 1.93. The lowest BCUT2D eigenvalue weighted by molar-refractivity contribution is 0.0919. The lowest BCUT2D eigenvalue weighted by Gasteiger charge is -2.35. The molecule has 6 heteroatoms. The van der Waals surface area contributed by atoms with E-state index in [9.17, 15) is 4.79 Å². The molecule has 2 fully saturated rings. The van der Waals surface area contributed by atoms with Crippen molar-refractivity contribution in [2.75, 3.05) is 31.1 Å². The summed E-state index contributed by atoms with van der Waals surface area (Å²) in [4.78, 5) is 14.6. The molecule has 0 aromatic carbocycles. The number of aromatic nitrogens is 1. The molecule has 3 rings (SSSR count). The summed E-state index contributed by atoms with van der Waals surface area (Å²) in [5.74, 6) is 3.75. The molecule has 3 heterocycles. The molecule has 1 aromatic heterocycles. The Kier molecular flexibility index (Phi) is 4.85. The van der Waals surface area contributed by atoms with Crippen molar-refractivity contribution in [3.63, 3.8) is 0 Å². The standard InChI is InChI=1S/C15H23N3O2S/c1-11-8-14(17-20-11)15(19)16-9-12-2-5-18(6-3-12)13-4-7-21-10-13/h8,12-13H,2-7,9-10H2,1H3,(H,16,19)/t13-/m1/s1. The van der Waals surface area contributed by atoms with E-state index in [0.717, 1.165) is 12.6 Å². The summed E-state index contributed by atoms with van der Waals surface area (Å²) in [7, 11) is 0. The normalized spacial score (nSPS) is 24.3. The molecule has 5 nitrogen and oxygen atoms in total. The summed E-state index contributed by atoms with van der Waals surface area (Å²) in [6, 6.07) is 2.47. The number of nitrogens with zero attached hydrogens (tertiary/aromatic N) is 2. The van der Waals surface area contributed by atoms with Crippen LogP contribution in [0.3, 0.4) is 0 Å². The minimum absolute atomic E-state index is 0.124. The maximum Gasteiger partial charge on any atom is 0.273 e. The van der Waals surface area contributed by atoms with Gasteiger partial charge in [0.05, 0.1) is 0 Å². The average molecular weight is 309 g/mol. The minimum atomic E-state index is -0.124. The van der Waals surface area contributed by atoms with Crippen LogP contribution in [0.4, 0.5) is 0 Å². The summed E-state index contributed by atoms with van der Waals surface area (Å²) in [6.07, 6.45) is 3.70. The lowest BCUT2D eigenvalue weighted by atomic mass is 9.95. The Morgan fingerprint density at radius 1 is 1.48 bits per heavy atom. The molecule has 2 aliphatic heterocycles. The number of amides is 1. The molecule has 0 radical (unpaired) electrons. The van der Waals surface area contributed by atoms with E-state index in [0.29, 0.717) is 17.4 Å². The van der Waals surface area contributed by atoms with Gasteiger partial charge in [-0.15, -0.1) is 0 Å². The summed E-state index contributed by atoms with van der Waals surface area (Å²) < 4.78 is 4.93. The SMILES string of the molecule is Cc1cc(C(=O)NCC2CCN([C@@H]3CCSC3)CC2)no1. The first-order valence-corrected chi connectivity index (χ1v) is 8.91. The van der Waals surface area contributed by atoms with Crippen LogP contribution < -0.4 is 5.32 Å². The molecule has 0 unspecified atom stereocenters. The first-order chi connectivity index (χ1) is 10.2. The van der Waals surface area contributed by atoms with Crippen molar-refractivity contribution in [2.45, 2.75) is 32.2 Å². The highest BCUT2D eigenvalue weighted by Crippen LogP contribution is 2.26. The van der Waals surface area contributed by atoms with Crippen LogP contribution in [-0.2, 0) is 0 Å². The third-order valence-corrected chi connectivity index (χ3v) is 5.63. The third kappa shape index (κ3) is 3.80. The Morgan fingerprint density at radius 3 is 2.90 bits per heavy atom. The number of piperidine rings is 1. The highest BCUT2D eigenvalue weighted by Gasteiger charge is 2.27. The lowest BCUT2D eigenvalue weighted by Crippen LogP contribution is -2.43. The minimum Gasteiger partial charge on any atom is -0.361 e. The van der Waals surface area contributed by atoms with Crippen LogP contribution in [0.1, 0.15) is 35.5 Å². The van der Waals surface area contributed by atoms with E-state index in [4.69, 9.17) is 4.52 Å². The van der Waals surface area contributed by atoms with Gasteiger partial charge in [-0.3, -0.25) is 9.69 Å². The van der Waals surface area contributed by atoms with Gasteiger partial charge in [0.2, 0.25) is 0 Å². The van der Waals surface area contributed by atoms with Crippen molar-refractivity contribution in [3.05, 3.63) is 17.5 Å². The number of hydrogen-bond donors (Lipinski definition) is 1. The topological polar surface area (TPSA) is 58.4 Å². The van der Waals surface area contributed by atoms with Crippen LogP contribution in [0.15, 0.2) is 10.6 Å². The summed E-state index contributed by atoms with van der Waals surface area (Å²) in [5.41, 5.74) is 0.382. The smallest absolute Gasteiger partial charge is 0.273 e. The molecule has 1 atom stereocenters. The fourth-order valence-corrected chi connectivity index (χ4v) is 4.39. The van der Waals surface area contributed by atoms with Gasteiger partial charge >= 0.3 is 0 Å². The fraction of sp³-hybridized carbons (Fsp3) is 0.733. The van der Waals surface area contributed by atoms with Gasteiger partial charge in [-0.05, 0) is 50.9 Å². The monoisotopic (exact) mass is 309 g/mol. The van der Waals surface area contributed by atoms with Crippen molar-refractivity contribution in [1.82, 2.24) is 15.4 Å². The first kappa shape index (κ1) is 14.9. The Balaban J connectivity index is 1.40. The number of carbonyl (C=O) groups is 1. The van der Waals surface area contributed by atoms with Crippen LogP contribution in [-0.4, -0.2) is 53.1 Å². The van der Waals surface area contributed by atoms with E-state index in [2.05, 4.69) is 27.1 Å². The Labute approximate surface area is 129 Å². The van der Waals surface area contributed by atoms with Gasteiger partial charge in [0.25, 0.3) is 5.91 Å². The van der Waals surface area contributed by atoms with E-state index >= 15 is 0 Å².